The highest BCUT2D eigenvalue weighted by Gasteiger charge is 2.26. The van der Waals surface area contributed by atoms with Crippen LogP contribution in [0.5, 0.6) is 5.75 Å². The molecule has 1 aromatic carbocycles. The standard InChI is InChI=1S/C19H33N5O3S.HI/c1-6-20-18(21-14-19(2,3)23-28(5,25)26)22-15-11-12-24(13-15)16-9-7-8-10-17(16)27-4;/h7-10,15,23H,6,11-14H2,1-5H3,(H2,20,21,22);1H. The van der Waals surface area contributed by atoms with E-state index < -0.39 is 15.6 Å². The van der Waals surface area contributed by atoms with Gasteiger partial charge in [-0.2, -0.15) is 0 Å². The Morgan fingerprint density at radius 3 is 2.66 bits per heavy atom. The Morgan fingerprint density at radius 1 is 1.34 bits per heavy atom. The third-order valence-corrected chi connectivity index (χ3v) is 5.32. The molecular weight excluding hydrogens is 505 g/mol. The zero-order valence-corrected chi connectivity index (χ0v) is 21.0. The molecule has 1 saturated heterocycles. The van der Waals surface area contributed by atoms with Crippen molar-refractivity contribution in [2.24, 2.45) is 4.99 Å². The van der Waals surface area contributed by atoms with E-state index in [0.717, 1.165) is 43.7 Å². The van der Waals surface area contributed by atoms with E-state index in [1.165, 1.54) is 0 Å². The normalized spacial score (nSPS) is 17.6. The average Bonchev–Trinajstić information content (AvgIpc) is 3.06. The number of ether oxygens (including phenoxy) is 1. The Balaban J connectivity index is 0.00000420. The zero-order valence-electron chi connectivity index (χ0n) is 17.9. The number of anilines is 1. The first-order chi connectivity index (χ1) is 13.1. The Kier molecular flexibility index (Phi) is 9.96. The van der Waals surface area contributed by atoms with Crippen molar-refractivity contribution in [3.63, 3.8) is 0 Å². The van der Waals surface area contributed by atoms with Crippen molar-refractivity contribution < 1.29 is 13.2 Å². The van der Waals surface area contributed by atoms with Crippen molar-refractivity contribution in [1.82, 2.24) is 15.4 Å². The van der Waals surface area contributed by atoms with Gasteiger partial charge in [-0.1, -0.05) is 12.1 Å². The predicted octanol–water partition coefficient (Wildman–Crippen LogP) is 1.77. The van der Waals surface area contributed by atoms with Gasteiger partial charge in [-0.15, -0.1) is 24.0 Å². The number of aliphatic imine (C=N–C) groups is 1. The molecule has 2 rings (SSSR count). The summed E-state index contributed by atoms with van der Waals surface area (Å²) in [5.41, 5.74) is 0.435. The van der Waals surface area contributed by atoms with Crippen LogP contribution < -0.4 is 25.0 Å². The van der Waals surface area contributed by atoms with Gasteiger partial charge in [0.15, 0.2) is 5.96 Å². The lowest BCUT2D eigenvalue weighted by molar-refractivity contribution is 0.415. The van der Waals surface area contributed by atoms with Crippen molar-refractivity contribution in [3.05, 3.63) is 24.3 Å². The summed E-state index contributed by atoms with van der Waals surface area (Å²) < 4.78 is 31.1. The molecular formula is C19H34IN5O3S. The maximum absolute atomic E-state index is 11.5. The number of halogens is 1. The summed E-state index contributed by atoms with van der Waals surface area (Å²) in [6.07, 6.45) is 2.14. The number of para-hydroxylation sites is 2. The van der Waals surface area contributed by atoms with Gasteiger partial charge in [0.25, 0.3) is 0 Å². The number of sulfonamides is 1. The van der Waals surface area contributed by atoms with E-state index in [2.05, 4.69) is 31.3 Å². The SMILES string of the molecule is CCNC(=NCC(C)(C)NS(C)(=O)=O)NC1CCN(c2ccccc2OC)C1.I. The van der Waals surface area contributed by atoms with Crippen molar-refractivity contribution in [1.29, 1.82) is 0 Å². The summed E-state index contributed by atoms with van der Waals surface area (Å²) in [5.74, 6) is 1.56. The molecule has 1 fully saturated rings. The van der Waals surface area contributed by atoms with Crippen LogP contribution in [0.4, 0.5) is 5.69 Å². The topological polar surface area (TPSA) is 95.1 Å². The maximum Gasteiger partial charge on any atom is 0.209 e. The van der Waals surface area contributed by atoms with Gasteiger partial charge in [-0.3, -0.25) is 4.99 Å². The average molecular weight is 539 g/mol. The highest BCUT2D eigenvalue weighted by molar-refractivity contribution is 14.0. The van der Waals surface area contributed by atoms with Crippen LogP contribution in [-0.2, 0) is 10.0 Å². The van der Waals surface area contributed by atoms with E-state index in [9.17, 15) is 8.42 Å². The van der Waals surface area contributed by atoms with Gasteiger partial charge in [0.1, 0.15) is 5.75 Å². The van der Waals surface area contributed by atoms with E-state index in [0.29, 0.717) is 12.5 Å². The van der Waals surface area contributed by atoms with Gasteiger partial charge in [0.2, 0.25) is 10.0 Å². The van der Waals surface area contributed by atoms with Gasteiger partial charge < -0.3 is 20.3 Å². The number of rotatable bonds is 8. The molecule has 0 spiro atoms. The van der Waals surface area contributed by atoms with Crippen molar-refractivity contribution in [3.8, 4) is 5.75 Å². The number of methoxy groups -OCH3 is 1. The molecule has 10 heteroatoms. The largest absolute Gasteiger partial charge is 0.495 e. The zero-order chi connectivity index (χ0) is 20.8. The molecule has 166 valence electrons. The second-order valence-electron chi connectivity index (χ2n) is 7.70. The molecule has 8 nitrogen and oxygen atoms in total. The summed E-state index contributed by atoms with van der Waals surface area (Å²) in [4.78, 5) is 6.89. The van der Waals surface area contributed by atoms with Gasteiger partial charge in [0.05, 0.1) is 25.6 Å². The lowest BCUT2D eigenvalue weighted by Crippen LogP contribution is -2.48. The Morgan fingerprint density at radius 2 is 2.03 bits per heavy atom. The van der Waals surface area contributed by atoms with Crippen molar-refractivity contribution >= 4 is 45.6 Å². The molecule has 0 aliphatic carbocycles. The van der Waals surface area contributed by atoms with Crippen LogP contribution in [0.3, 0.4) is 0 Å². The highest BCUT2D eigenvalue weighted by atomic mass is 127. The van der Waals surface area contributed by atoms with Gasteiger partial charge in [-0.05, 0) is 39.3 Å². The molecule has 0 aromatic heterocycles. The first-order valence-corrected chi connectivity index (χ1v) is 11.4. The molecule has 1 atom stereocenters. The van der Waals surface area contributed by atoms with E-state index >= 15 is 0 Å². The number of benzene rings is 1. The lowest BCUT2D eigenvalue weighted by Gasteiger charge is -2.25. The fraction of sp³-hybridized carbons (Fsp3) is 0.632. The quantitative estimate of drug-likeness (QED) is 0.265. The number of hydrogen-bond donors (Lipinski definition) is 3. The Bertz CT molecular complexity index is 786. The molecule has 1 unspecified atom stereocenters. The van der Waals surface area contributed by atoms with Crippen LogP contribution in [0.15, 0.2) is 29.3 Å². The molecule has 0 radical (unpaired) electrons. The molecule has 1 aliphatic heterocycles. The minimum atomic E-state index is -3.29. The van der Waals surface area contributed by atoms with Crippen LogP contribution in [-0.4, -0.2) is 65.5 Å². The molecule has 1 heterocycles. The number of hydrogen-bond acceptors (Lipinski definition) is 5. The minimum Gasteiger partial charge on any atom is -0.495 e. The fourth-order valence-corrected chi connectivity index (χ4v) is 4.38. The first kappa shape index (κ1) is 25.8. The summed E-state index contributed by atoms with van der Waals surface area (Å²) in [7, 11) is -1.60. The Labute approximate surface area is 191 Å². The van der Waals surface area contributed by atoms with Crippen molar-refractivity contribution in [2.75, 3.05) is 44.4 Å². The highest BCUT2D eigenvalue weighted by Crippen LogP contribution is 2.30. The molecule has 0 bridgehead atoms. The molecule has 1 aromatic rings. The van der Waals surface area contributed by atoms with Crippen molar-refractivity contribution in [2.45, 2.75) is 38.8 Å². The van der Waals surface area contributed by atoms with Crippen LogP contribution in [0, 0.1) is 0 Å². The monoisotopic (exact) mass is 539 g/mol. The fourth-order valence-electron chi connectivity index (χ4n) is 3.31. The summed E-state index contributed by atoms with van der Waals surface area (Å²) >= 11 is 0. The third-order valence-electron chi connectivity index (χ3n) is 4.39. The molecule has 0 saturated carbocycles. The Hall–Kier alpha value is -1.27. The molecule has 0 amide bonds. The molecule has 1 aliphatic rings. The van der Waals surface area contributed by atoms with Crippen LogP contribution in [0.1, 0.15) is 27.2 Å². The lowest BCUT2D eigenvalue weighted by atomic mass is 10.1. The smallest absolute Gasteiger partial charge is 0.209 e. The number of nitrogens with zero attached hydrogens (tertiary/aromatic N) is 2. The maximum atomic E-state index is 11.5. The number of guanidine groups is 1. The number of nitrogens with one attached hydrogen (secondary N) is 3. The van der Waals surface area contributed by atoms with E-state index in [1.807, 2.05) is 39.0 Å². The minimum absolute atomic E-state index is 0. The van der Waals surface area contributed by atoms with Crippen LogP contribution in [0.25, 0.3) is 0 Å². The second-order valence-corrected chi connectivity index (χ2v) is 9.45. The summed E-state index contributed by atoms with van der Waals surface area (Å²) in [5, 5.41) is 6.71. The first-order valence-electron chi connectivity index (χ1n) is 9.55. The van der Waals surface area contributed by atoms with E-state index in [1.54, 1.807) is 7.11 Å². The molecule has 29 heavy (non-hydrogen) atoms. The van der Waals surface area contributed by atoms with Gasteiger partial charge in [-0.25, -0.2) is 13.1 Å². The van der Waals surface area contributed by atoms with E-state index in [-0.39, 0.29) is 30.0 Å². The third kappa shape index (κ3) is 8.55. The molecule has 3 N–H and O–H groups in total. The van der Waals surface area contributed by atoms with Gasteiger partial charge >= 0.3 is 0 Å². The summed E-state index contributed by atoms with van der Waals surface area (Å²) in [6.45, 7) is 8.48. The van der Waals surface area contributed by atoms with Gasteiger partial charge in [0, 0.05) is 31.2 Å². The summed E-state index contributed by atoms with van der Waals surface area (Å²) in [6, 6.07) is 8.27. The second kappa shape index (κ2) is 11.2. The van der Waals surface area contributed by atoms with Crippen LogP contribution >= 0.6 is 24.0 Å². The van der Waals surface area contributed by atoms with E-state index in [4.69, 9.17) is 4.74 Å². The van der Waals surface area contributed by atoms with Crippen LogP contribution in [0.2, 0.25) is 0 Å². The predicted molar refractivity (Wildman–Crippen MR) is 130 cm³/mol.